The molecule has 0 atom stereocenters. The molecule has 86 valence electrons. The zero-order valence-electron chi connectivity index (χ0n) is 8.90. The molecule has 0 saturated carbocycles. The van der Waals surface area contributed by atoms with E-state index in [4.69, 9.17) is 0 Å². The minimum atomic E-state index is -0.469. The lowest BCUT2D eigenvalue weighted by Gasteiger charge is -1.98. The third-order valence-corrected chi connectivity index (χ3v) is 2.87. The number of ether oxygens (including phenoxy) is 1. The second-order valence-electron chi connectivity index (χ2n) is 2.99. The maximum absolute atomic E-state index is 11.5. The van der Waals surface area contributed by atoms with E-state index in [1.165, 1.54) is 20.1 Å². The fraction of sp³-hybridized carbons (Fsp3) is 0.300. The Morgan fingerprint density at radius 2 is 1.94 bits per heavy atom. The highest BCUT2D eigenvalue weighted by molar-refractivity contribution is 7.15. The van der Waals surface area contributed by atoms with Gasteiger partial charge in [-0.3, -0.25) is 9.59 Å². The zero-order chi connectivity index (χ0) is 12.1. The van der Waals surface area contributed by atoms with Crippen LogP contribution in [0.2, 0.25) is 0 Å². The molecule has 0 saturated heterocycles. The largest absolute Gasteiger partial charge is 0.465 e. The van der Waals surface area contributed by atoms with Crippen molar-refractivity contribution in [2.45, 2.75) is 6.92 Å². The number of amides is 1. The summed E-state index contributed by atoms with van der Waals surface area (Å²) >= 11 is 1.05. The molecule has 1 amide bonds. The lowest BCUT2D eigenvalue weighted by Crippen LogP contribution is -2.26. The minimum Gasteiger partial charge on any atom is -0.465 e. The number of rotatable bonds is 4. The number of carbonyl (C=O) groups excluding carboxylic acids is 3. The van der Waals surface area contributed by atoms with E-state index in [1.807, 2.05) is 0 Å². The summed E-state index contributed by atoms with van der Waals surface area (Å²) in [5.74, 6) is -0.961. The quantitative estimate of drug-likeness (QED) is 0.626. The van der Waals surface area contributed by atoms with Crippen LogP contribution in [0.1, 0.15) is 26.3 Å². The molecule has 0 spiro atoms. The van der Waals surface area contributed by atoms with Crippen molar-refractivity contribution in [3.05, 3.63) is 21.9 Å². The molecule has 6 heteroatoms. The number of thiophene rings is 1. The van der Waals surface area contributed by atoms with E-state index < -0.39 is 5.97 Å². The van der Waals surface area contributed by atoms with Crippen LogP contribution in [-0.4, -0.2) is 31.3 Å². The molecule has 5 nitrogen and oxygen atoms in total. The second-order valence-corrected chi connectivity index (χ2v) is 4.07. The van der Waals surface area contributed by atoms with Crippen molar-refractivity contribution >= 4 is 29.0 Å². The molecule has 0 radical (unpaired) electrons. The van der Waals surface area contributed by atoms with Gasteiger partial charge in [0.2, 0.25) is 5.91 Å². The van der Waals surface area contributed by atoms with E-state index in [2.05, 4.69) is 10.1 Å². The third-order valence-electron chi connectivity index (χ3n) is 1.77. The van der Waals surface area contributed by atoms with Crippen LogP contribution >= 0.6 is 11.3 Å². The van der Waals surface area contributed by atoms with Gasteiger partial charge in [0.1, 0.15) is 4.88 Å². The summed E-state index contributed by atoms with van der Waals surface area (Å²) in [5.41, 5.74) is 0. The number of methoxy groups -OCH3 is 1. The second kappa shape index (κ2) is 5.41. The molecule has 0 aliphatic heterocycles. The van der Waals surface area contributed by atoms with E-state index in [-0.39, 0.29) is 18.2 Å². The van der Waals surface area contributed by atoms with Gasteiger partial charge in [-0.2, -0.15) is 0 Å². The maximum atomic E-state index is 11.5. The number of hydrogen-bond donors (Lipinski definition) is 1. The molecule has 1 rings (SSSR count). The molecule has 0 aromatic carbocycles. The van der Waals surface area contributed by atoms with Gasteiger partial charge in [-0.25, -0.2) is 4.79 Å². The average molecular weight is 241 g/mol. The van der Waals surface area contributed by atoms with Gasteiger partial charge in [0.15, 0.2) is 5.78 Å². The molecule has 0 fully saturated rings. The van der Waals surface area contributed by atoms with E-state index in [0.29, 0.717) is 9.75 Å². The first-order chi connectivity index (χ1) is 7.54. The summed E-state index contributed by atoms with van der Waals surface area (Å²) in [6.45, 7) is 1.28. The molecule has 1 N–H and O–H groups in total. The first kappa shape index (κ1) is 12.4. The molecule has 0 bridgehead atoms. The van der Waals surface area contributed by atoms with Gasteiger partial charge in [-0.1, -0.05) is 0 Å². The topological polar surface area (TPSA) is 72.5 Å². The standard InChI is InChI=1S/C10H11NO4S/c1-6(12)11-5-7(13)8-3-4-9(16-8)10(14)15-2/h3-4H,5H2,1-2H3,(H,11,12). The number of esters is 1. The van der Waals surface area contributed by atoms with Gasteiger partial charge in [-0.05, 0) is 12.1 Å². The van der Waals surface area contributed by atoms with Crippen molar-refractivity contribution < 1.29 is 19.1 Å². The Bertz CT molecular complexity index is 424. The summed E-state index contributed by atoms with van der Waals surface area (Å²) < 4.78 is 4.52. The summed E-state index contributed by atoms with van der Waals surface area (Å²) in [5, 5.41) is 2.40. The number of hydrogen-bond acceptors (Lipinski definition) is 5. The molecule has 0 unspecified atom stereocenters. The fourth-order valence-corrected chi connectivity index (χ4v) is 1.85. The number of Topliss-reactive ketones (excluding diaryl/α,β-unsaturated/α-hetero) is 1. The Morgan fingerprint density at radius 3 is 2.50 bits per heavy atom. The lowest BCUT2D eigenvalue weighted by molar-refractivity contribution is -0.118. The molecule has 0 aliphatic rings. The third kappa shape index (κ3) is 3.16. The molecular formula is C10H11NO4S. The molecule has 0 aliphatic carbocycles. The van der Waals surface area contributed by atoms with Crippen molar-refractivity contribution in [1.82, 2.24) is 5.32 Å². The lowest BCUT2D eigenvalue weighted by atomic mass is 10.3. The molecule has 1 aromatic heterocycles. The van der Waals surface area contributed by atoms with Gasteiger partial charge in [0.25, 0.3) is 0 Å². The number of carbonyl (C=O) groups is 3. The number of nitrogens with one attached hydrogen (secondary N) is 1. The van der Waals surface area contributed by atoms with E-state index >= 15 is 0 Å². The Labute approximate surface area is 96.4 Å². The first-order valence-electron chi connectivity index (χ1n) is 4.50. The predicted molar refractivity (Wildman–Crippen MR) is 58.7 cm³/mol. The van der Waals surface area contributed by atoms with Crippen LogP contribution in [0.3, 0.4) is 0 Å². The summed E-state index contributed by atoms with van der Waals surface area (Å²) in [4.78, 5) is 34.0. The summed E-state index contributed by atoms with van der Waals surface area (Å²) in [6.07, 6.45) is 0. The van der Waals surface area contributed by atoms with E-state index in [1.54, 1.807) is 6.07 Å². The van der Waals surface area contributed by atoms with E-state index in [0.717, 1.165) is 11.3 Å². The molecular weight excluding hydrogens is 230 g/mol. The molecule has 1 aromatic rings. The van der Waals surface area contributed by atoms with Crippen molar-refractivity contribution in [2.75, 3.05) is 13.7 Å². The SMILES string of the molecule is COC(=O)c1ccc(C(=O)CNC(C)=O)s1. The van der Waals surface area contributed by atoms with Crippen LogP contribution in [0.5, 0.6) is 0 Å². The van der Waals surface area contributed by atoms with Crippen LogP contribution < -0.4 is 5.32 Å². The predicted octanol–water partition coefficient (Wildman–Crippen LogP) is 0.854. The summed E-state index contributed by atoms with van der Waals surface area (Å²) in [7, 11) is 1.28. The summed E-state index contributed by atoms with van der Waals surface area (Å²) in [6, 6.07) is 3.07. The molecule has 16 heavy (non-hydrogen) atoms. The minimum absolute atomic E-state index is 0.0591. The van der Waals surface area contributed by atoms with Crippen molar-refractivity contribution in [1.29, 1.82) is 0 Å². The Balaban J connectivity index is 2.67. The van der Waals surface area contributed by atoms with Crippen LogP contribution in [-0.2, 0) is 9.53 Å². The highest BCUT2D eigenvalue weighted by Gasteiger charge is 2.13. The highest BCUT2D eigenvalue weighted by Crippen LogP contribution is 2.17. The van der Waals surface area contributed by atoms with Crippen LogP contribution in [0.25, 0.3) is 0 Å². The normalized spacial score (nSPS) is 9.62. The zero-order valence-corrected chi connectivity index (χ0v) is 9.72. The highest BCUT2D eigenvalue weighted by atomic mass is 32.1. The fourth-order valence-electron chi connectivity index (χ4n) is 0.990. The Hall–Kier alpha value is -1.69. The first-order valence-corrected chi connectivity index (χ1v) is 5.32. The average Bonchev–Trinajstić information content (AvgIpc) is 2.74. The van der Waals surface area contributed by atoms with E-state index in [9.17, 15) is 14.4 Å². The maximum Gasteiger partial charge on any atom is 0.348 e. The monoisotopic (exact) mass is 241 g/mol. The van der Waals surface area contributed by atoms with Gasteiger partial charge in [0, 0.05) is 6.92 Å². The Morgan fingerprint density at radius 1 is 1.31 bits per heavy atom. The van der Waals surface area contributed by atoms with Gasteiger partial charge in [-0.15, -0.1) is 11.3 Å². The molecule has 1 heterocycles. The van der Waals surface area contributed by atoms with Crippen LogP contribution in [0.4, 0.5) is 0 Å². The van der Waals surface area contributed by atoms with Crippen molar-refractivity contribution in [2.24, 2.45) is 0 Å². The van der Waals surface area contributed by atoms with Gasteiger partial charge < -0.3 is 10.1 Å². The smallest absolute Gasteiger partial charge is 0.348 e. The van der Waals surface area contributed by atoms with Crippen LogP contribution in [0, 0.1) is 0 Å². The van der Waals surface area contributed by atoms with Crippen molar-refractivity contribution in [3.8, 4) is 0 Å². The Kier molecular flexibility index (Phi) is 4.19. The van der Waals surface area contributed by atoms with Crippen molar-refractivity contribution in [3.63, 3.8) is 0 Å². The van der Waals surface area contributed by atoms with Gasteiger partial charge >= 0.3 is 5.97 Å². The van der Waals surface area contributed by atoms with Gasteiger partial charge in [0.05, 0.1) is 18.5 Å². The number of ketones is 1. The van der Waals surface area contributed by atoms with Crippen LogP contribution in [0.15, 0.2) is 12.1 Å².